The van der Waals surface area contributed by atoms with Crippen molar-refractivity contribution in [3.8, 4) is 11.5 Å². The Kier molecular flexibility index (Phi) is 5.33. The van der Waals surface area contributed by atoms with Crippen LogP contribution in [0.15, 0.2) is 29.8 Å². The second kappa shape index (κ2) is 7.48. The lowest BCUT2D eigenvalue weighted by Gasteiger charge is -2.35. The van der Waals surface area contributed by atoms with Crippen LogP contribution in [0.25, 0.3) is 0 Å². The van der Waals surface area contributed by atoms with E-state index in [2.05, 4.69) is 19.9 Å². The average molecular weight is 345 g/mol. The van der Waals surface area contributed by atoms with Crippen molar-refractivity contribution in [3.63, 3.8) is 0 Å². The molecule has 3 rings (SSSR count). The highest BCUT2D eigenvalue weighted by Gasteiger charge is 2.38. The van der Waals surface area contributed by atoms with E-state index in [1.165, 1.54) is 17.7 Å². The van der Waals surface area contributed by atoms with Gasteiger partial charge in [-0.05, 0) is 43.7 Å². The van der Waals surface area contributed by atoms with Crippen molar-refractivity contribution < 1.29 is 19.7 Å². The van der Waals surface area contributed by atoms with Crippen LogP contribution in [0.3, 0.4) is 0 Å². The predicted octanol–water partition coefficient (Wildman–Crippen LogP) is 3.21. The molecule has 0 spiro atoms. The predicted molar refractivity (Wildman–Crippen MR) is 95.2 cm³/mol. The van der Waals surface area contributed by atoms with Gasteiger partial charge < -0.3 is 19.8 Å². The lowest BCUT2D eigenvalue weighted by molar-refractivity contribution is -0.139. The number of ether oxygens (including phenoxy) is 1. The molecule has 136 valence electrons. The Morgan fingerprint density at radius 2 is 2.16 bits per heavy atom. The van der Waals surface area contributed by atoms with E-state index in [-0.39, 0.29) is 23.6 Å². The van der Waals surface area contributed by atoms with Crippen LogP contribution in [-0.4, -0.2) is 40.4 Å². The summed E-state index contributed by atoms with van der Waals surface area (Å²) in [5.74, 6) is 0.873. The Morgan fingerprint density at radius 1 is 1.36 bits per heavy atom. The van der Waals surface area contributed by atoms with Crippen LogP contribution < -0.4 is 0 Å². The van der Waals surface area contributed by atoms with Crippen molar-refractivity contribution in [2.24, 2.45) is 11.8 Å². The standard InChI is InChI=1S/C20H27NO4/c1-13-3-7-17(14(2)11-13)20-21(9-10-25-20)19(24)8-5-15-4-6-16(22)12-18(15)23/h4,6,11-12,14,17,20,22-23H,3,5,7-10H2,1-2H3. The van der Waals surface area contributed by atoms with Crippen molar-refractivity contribution in [1.82, 2.24) is 4.90 Å². The van der Waals surface area contributed by atoms with Gasteiger partial charge in [0.1, 0.15) is 17.7 Å². The Bertz CT molecular complexity index is 670. The van der Waals surface area contributed by atoms with E-state index in [4.69, 9.17) is 4.74 Å². The Morgan fingerprint density at radius 3 is 2.88 bits per heavy atom. The number of benzene rings is 1. The quantitative estimate of drug-likeness (QED) is 0.822. The molecule has 1 amide bonds. The molecule has 5 nitrogen and oxygen atoms in total. The van der Waals surface area contributed by atoms with E-state index in [1.54, 1.807) is 6.07 Å². The summed E-state index contributed by atoms with van der Waals surface area (Å²) in [6, 6.07) is 4.49. The number of aromatic hydroxyl groups is 2. The number of carbonyl (C=O) groups is 1. The van der Waals surface area contributed by atoms with Crippen LogP contribution in [0.5, 0.6) is 11.5 Å². The second-order valence-corrected chi connectivity index (χ2v) is 7.24. The SMILES string of the molecule is CC1=CC(C)C(C2OCCN2C(=O)CCc2ccc(O)cc2O)CC1. The molecule has 1 saturated heterocycles. The van der Waals surface area contributed by atoms with Gasteiger partial charge in [-0.3, -0.25) is 4.79 Å². The molecule has 1 heterocycles. The van der Waals surface area contributed by atoms with E-state index in [0.717, 1.165) is 12.8 Å². The molecule has 0 saturated carbocycles. The smallest absolute Gasteiger partial charge is 0.225 e. The van der Waals surface area contributed by atoms with Crippen LogP contribution in [0.2, 0.25) is 0 Å². The highest BCUT2D eigenvalue weighted by Crippen LogP contribution is 2.35. The van der Waals surface area contributed by atoms with Gasteiger partial charge in [0.15, 0.2) is 0 Å². The van der Waals surface area contributed by atoms with Gasteiger partial charge in [-0.15, -0.1) is 0 Å². The maximum absolute atomic E-state index is 12.7. The average Bonchev–Trinajstić information content (AvgIpc) is 3.03. The van der Waals surface area contributed by atoms with Crippen LogP contribution in [0.1, 0.15) is 38.7 Å². The largest absolute Gasteiger partial charge is 0.508 e. The van der Waals surface area contributed by atoms with E-state index < -0.39 is 0 Å². The Hall–Kier alpha value is -2.01. The molecule has 1 aromatic carbocycles. The summed E-state index contributed by atoms with van der Waals surface area (Å²) < 4.78 is 5.92. The van der Waals surface area contributed by atoms with Gasteiger partial charge in [0.05, 0.1) is 6.61 Å². The lowest BCUT2D eigenvalue weighted by Crippen LogP contribution is -2.43. The number of phenols is 2. The first-order valence-electron chi connectivity index (χ1n) is 9.05. The van der Waals surface area contributed by atoms with Gasteiger partial charge >= 0.3 is 0 Å². The first-order chi connectivity index (χ1) is 12.0. The maximum atomic E-state index is 12.7. The summed E-state index contributed by atoms with van der Waals surface area (Å²) in [4.78, 5) is 14.6. The molecule has 1 aromatic rings. The highest BCUT2D eigenvalue weighted by atomic mass is 16.5. The van der Waals surface area contributed by atoms with Crippen molar-refractivity contribution in [2.75, 3.05) is 13.2 Å². The molecule has 5 heteroatoms. The highest BCUT2D eigenvalue weighted by molar-refractivity contribution is 5.77. The molecule has 1 fully saturated rings. The fraction of sp³-hybridized carbons (Fsp3) is 0.550. The van der Waals surface area contributed by atoms with Crippen LogP contribution >= 0.6 is 0 Å². The molecule has 0 aromatic heterocycles. The summed E-state index contributed by atoms with van der Waals surface area (Å²) in [6.45, 7) is 5.59. The number of phenolic OH excluding ortho intramolecular Hbond substituents is 2. The monoisotopic (exact) mass is 345 g/mol. The van der Waals surface area contributed by atoms with Crippen LogP contribution in [0, 0.1) is 11.8 Å². The molecule has 1 aliphatic heterocycles. The van der Waals surface area contributed by atoms with Crippen LogP contribution in [0.4, 0.5) is 0 Å². The minimum Gasteiger partial charge on any atom is -0.508 e. The molecule has 2 N–H and O–H groups in total. The Balaban J connectivity index is 1.63. The van der Waals surface area contributed by atoms with Gasteiger partial charge in [-0.25, -0.2) is 0 Å². The molecule has 3 unspecified atom stereocenters. The number of nitrogens with zero attached hydrogens (tertiary/aromatic N) is 1. The first-order valence-corrected chi connectivity index (χ1v) is 9.05. The van der Waals surface area contributed by atoms with Crippen molar-refractivity contribution in [3.05, 3.63) is 35.4 Å². The summed E-state index contributed by atoms with van der Waals surface area (Å²) >= 11 is 0. The zero-order chi connectivity index (χ0) is 18.0. The molecule has 1 aliphatic carbocycles. The summed E-state index contributed by atoms with van der Waals surface area (Å²) in [5, 5.41) is 19.2. The lowest BCUT2D eigenvalue weighted by atomic mass is 9.80. The minimum atomic E-state index is -0.139. The zero-order valence-corrected chi connectivity index (χ0v) is 14.9. The zero-order valence-electron chi connectivity index (χ0n) is 14.9. The third kappa shape index (κ3) is 3.98. The minimum absolute atomic E-state index is 0.0233. The summed E-state index contributed by atoms with van der Waals surface area (Å²) in [7, 11) is 0. The van der Waals surface area contributed by atoms with Crippen molar-refractivity contribution in [1.29, 1.82) is 0 Å². The van der Waals surface area contributed by atoms with Gasteiger partial charge in [0.25, 0.3) is 0 Å². The molecule has 25 heavy (non-hydrogen) atoms. The fourth-order valence-corrected chi connectivity index (χ4v) is 3.97. The van der Waals surface area contributed by atoms with E-state index in [1.807, 2.05) is 4.90 Å². The van der Waals surface area contributed by atoms with Crippen molar-refractivity contribution >= 4 is 5.91 Å². The third-order valence-electron chi connectivity index (χ3n) is 5.39. The topological polar surface area (TPSA) is 70.0 Å². The Labute approximate surface area is 148 Å². The van der Waals surface area contributed by atoms with E-state index in [9.17, 15) is 15.0 Å². The van der Waals surface area contributed by atoms with Gasteiger partial charge in [-0.1, -0.05) is 24.6 Å². The molecular weight excluding hydrogens is 318 g/mol. The number of rotatable bonds is 4. The third-order valence-corrected chi connectivity index (χ3v) is 5.39. The van der Waals surface area contributed by atoms with Crippen LogP contribution in [-0.2, 0) is 16.0 Å². The number of hydrogen-bond donors (Lipinski definition) is 2. The summed E-state index contributed by atoms with van der Waals surface area (Å²) in [6.07, 6.45) is 5.06. The molecule has 0 bridgehead atoms. The van der Waals surface area contributed by atoms with E-state index in [0.29, 0.717) is 43.4 Å². The summed E-state index contributed by atoms with van der Waals surface area (Å²) in [5.41, 5.74) is 2.09. The number of carbonyl (C=O) groups excluding carboxylic acids is 1. The van der Waals surface area contributed by atoms with E-state index >= 15 is 0 Å². The number of amides is 1. The first kappa shape index (κ1) is 17.8. The number of allylic oxidation sites excluding steroid dienone is 2. The van der Waals surface area contributed by atoms with Gasteiger partial charge in [0.2, 0.25) is 5.91 Å². The number of aryl methyl sites for hydroxylation is 1. The fourth-order valence-electron chi connectivity index (χ4n) is 3.97. The van der Waals surface area contributed by atoms with Gasteiger partial charge in [-0.2, -0.15) is 0 Å². The molecule has 2 aliphatic rings. The van der Waals surface area contributed by atoms with Gasteiger partial charge in [0, 0.05) is 24.9 Å². The maximum Gasteiger partial charge on any atom is 0.225 e. The molecule has 0 radical (unpaired) electrons. The number of hydrogen-bond acceptors (Lipinski definition) is 4. The van der Waals surface area contributed by atoms with Crippen molar-refractivity contribution in [2.45, 2.75) is 45.8 Å². The molecular formula is C20H27NO4. The molecule has 3 atom stereocenters. The second-order valence-electron chi connectivity index (χ2n) is 7.24. The normalized spacial score (nSPS) is 26.6.